The van der Waals surface area contributed by atoms with Crippen LogP contribution in [0, 0.1) is 33.8 Å². The lowest BCUT2D eigenvalue weighted by atomic mass is 9.55. The third-order valence-corrected chi connectivity index (χ3v) is 6.19. The van der Waals surface area contributed by atoms with Crippen molar-refractivity contribution in [3.05, 3.63) is 33.9 Å². The third kappa shape index (κ3) is 3.16. The van der Waals surface area contributed by atoms with Gasteiger partial charge in [0.05, 0.1) is 16.6 Å². The van der Waals surface area contributed by atoms with Crippen LogP contribution in [0.4, 0.5) is 5.69 Å². The maximum Gasteiger partial charge on any atom is 0.335 e. The Hall–Kier alpha value is -2.15. The van der Waals surface area contributed by atoms with E-state index in [4.69, 9.17) is 14.6 Å². The first-order valence-electron chi connectivity index (χ1n) is 9.24. The van der Waals surface area contributed by atoms with E-state index in [0.29, 0.717) is 11.8 Å². The van der Waals surface area contributed by atoms with Gasteiger partial charge in [-0.15, -0.1) is 0 Å². The predicted octanol–water partition coefficient (Wildman–Crippen LogP) is 3.86. The van der Waals surface area contributed by atoms with Crippen molar-refractivity contribution >= 4 is 11.7 Å². The number of hydrogen-bond acceptors (Lipinski definition) is 5. The van der Waals surface area contributed by atoms with Crippen molar-refractivity contribution in [3.8, 4) is 5.75 Å². The Morgan fingerprint density at radius 2 is 1.81 bits per heavy atom. The fraction of sp³-hybridized carbons (Fsp3) is 0.632. The zero-order valence-electron chi connectivity index (χ0n) is 14.7. The minimum absolute atomic E-state index is 0.0487. The van der Waals surface area contributed by atoms with Gasteiger partial charge in [0, 0.05) is 12.1 Å². The average Bonchev–Trinajstić information content (AvgIpc) is 2.57. The van der Waals surface area contributed by atoms with Gasteiger partial charge in [0.2, 0.25) is 5.75 Å². The monoisotopic (exact) mass is 361 g/mol. The molecule has 4 saturated carbocycles. The molecule has 7 heteroatoms. The van der Waals surface area contributed by atoms with E-state index in [2.05, 4.69) is 0 Å². The molecule has 0 heterocycles. The van der Waals surface area contributed by atoms with E-state index < -0.39 is 17.2 Å². The summed E-state index contributed by atoms with van der Waals surface area (Å²) in [6.45, 7) is 1.72. The fourth-order valence-electron chi connectivity index (χ4n) is 5.42. The number of carbonyl (C=O) groups is 1. The Labute approximate surface area is 151 Å². The summed E-state index contributed by atoms with van der Waals surface area (Å²) in [4.78, 5) is 21.8. The van der Waals surface area contributed by atoms with E-state index >= 15 is 0 Å². The van der Waals surface area contributed by atoms with Crippen LogP contribution in [0.2, 0.25) is 0 Å². The minimum Gasteiger partial charge on any atom is -0.478 e. The van der Waals surface area contributed by atoms with Gasteiger partial charge >= 0.3 is 11.7 Å². The lowest BCUT2D eigenvalue weighted by Gasteiger charge is -2.54. The molecule has 140 valence electrons. The van der Waals surface area contributed by atoms with Crippen molar-refractivity contribution in [1.82, 2.24) is 0 Å². The van der Waals surface area contributed by atoms with Gasteiger partial charge in [0.1, 0.15) is 0 Å². The normalized spacial score (nSPS) is 33.0. The summed E-state index contributed by atoms with van der Waals surface area (Å²) in [5.74, 6) is 1.56. The zero-order valence-corrected chi connectivity index (χ0v) is 14.7. The molecule has 1 unspecified atom stereocenters. The second kappa shape index (κ2) is 6.54. The summed E-state index contributed by atoms with van der Waals surface area (Å²) in [6, 6.07) is 3.56. The highest BCUT2D eigenvalue weighted by Crippen LogP contribution is 2.54. The van der Waals surface area contributed by atoms with Crippen LogP contribution in [0.25, 0.3) is 0 Å². The van der Waals surface area contributed by atoms with Gasteiger partial charge in [-0.2, -0.15) is 0 Å². The van der Waals surface area contributed by atoms with Crippen molar-refractivity contribution < 1.29 is 24.3 Å². The molecule has 0 amide bonds. The maximum atomic E-state index is 11.2. The number of ether oxygens (including phenoxy) is 2. The van der Waals surface area contributed by atoms with Crippen LogP contribution in [0.15, 0.2) is 18.2 Å². The fourth-order valence-corrected chi connectivity index (χ4v) is 5.42. The van der Waals surface area contributed by atoms with Crippen molar-refractivity contribution in [2.24, 2.45) is 23.7 Å². The van der Waals surface area contributed by atoms with Crippen LogP contribution in [-0.4, -0.2) is 28.4 Å². The predicted molar refractivity (Wildman–Crippen MR) is 92.1 cm³/mol. The molecule has 5 rings (SSSR count). The molecule has 7 nitrogen and oxygen atoms in total. The molecular weight excluding hydrogens is 338 g/mol. The molecule has 0 radical (unpaired) electrons. The van der Waals surface area contributed by atoms with Gasteiger partial charge in [-0.1, -0.05) is 0 Å². The van der Waals surface area contributed by atoms with Gasteiger partial charge in [-0.05, 0) is 68.8 Å². The van der Waals surface area contributed by atoms with E-state index in [-0.39, 0.29) is 23.1 Å². The molecule has 1 aromatic rings. The first kappa shape index (κ1) is 17.3. The van der Waals surface area contributed by atoms with Crippen LogP contribution in [0.1, 0.15) is 49.4 Å². The Kier molecular flexibility index (Phi) is 4.34. The summed E-state index contributed by atoms with van der Waals surface area (Å²) in [5.41, 5.74) is -0.303. The molecule has 1 atom stereocenters. The molecular formula is C19H23NO6. The summed E-state index contributed by atoms with van der Waals surface area (Å²) < 4.78 is 11.9. The summed E-state index contributed by atoms with van der Waals surface area (Å²) in [5, 5.41) is 20.3. The number of benzene rings is 1. The minimum atomic E-state index is -1.15. The van der Waals surface area contributed by atoms with E-state index in [0.717, 1.165) is 17.9 Å². The molecule has 1 aromatic carbocycles. The second-order valence-electron chi connectivity index (χ2n) is 7.96. The molecule has 0 aromatic heterocycles. The molecule has 4 aliphatic carbocycles. The number of carboxylic acids is 1. The smallest absolute Gasteiger partial charge is 0.335 e. The lowest BCUT2D eigenvalue weighted by Crippen LogP contribution is -2.50. The summed E-state index contributed by atoms with van der Waals surface area (Å²) in [6.07, 6.45) is 5.66. The van der Waals surface area contributed by atoms with Gasteiger partial charge in [0.15, 0.2) is 6.29 Å². The van der Waals surface area contributed by atoms with Crippen LogP contribution in [-0.2, 0) is 4.74 Å². The van der Waals surface area contributed by atoms with Crippen LogP contribution >= 0.6 is 0 Å². The van der Waals surface area contributed by atoms with Crippen molar-refractivity contribution in [1.29, 1.82) is 0 Å². The second-order valence-corrected chi connectivity index (χ2v) is 7.96. The number of rotatable bonds is 6. The maximum absolute atomic E-state index is 11.2. The SMILES string of the molecule is CC(Oc1cc(C(=O)O)ccc1[N+](=O)[O-])OC1C2CC3CC(C2)CC1C3. The number of hydrogen-bond donors (Lipinski definition) is 1. The quantitative estimate of drug-likeness (QED) is 0.469. The Bertz CT molecular complexity index is 705. The standard InChI is InChI=1S/C19H23NO6/c1-10(25-17-9-13(19(21)22)2-3-16(17)20(23)24)26-18-14-5-11-4-12(7-14)8-15(18)6-11/h2-3,9-12,14-15,18H,4-8H2,1H3,(H,21,22). The molecule has 4 aliphatic rings. The van der Waals surface area contributed by atoms with E-state index in [1.807, 2.05) is 0 Å². The topological polar surface area (TPSA) is 98.9 Å². The molecule has 1 N–H and O–H groups in total. The number of nitro benzene ring substituents is 1. The molecule has 0 spiro atoms. The van der Waals surface area contributed by atoms with Gasteiger partial charge in [0.25, 0.3) is 0 Å². The molecule has 4 fully saturated rings. The molecule has 26 heavy (non-hydrogen) atoms. The first-order chi connectivity index (χ1) is 12.4. The summed E-state index contributed by atoms with van der Waals surface area (Å²) >= 11 is 0. The number of aromatic carboxylic acids is 1. The third-order valence-electron chi connectivity index (χ3n) is 6.19. The Morgan fingerprint density at radius 3 is 2.35 bits per heavy atom. The van der Waals surface area contributed by atoms with E-state index in [1.54, 1.807) is 6.92 Å². The Morgan fingerprint density at radius 1 is 1.19 bits per heavy atom. The van der Waals surface area contributed by atoms with Crippen LogP contribution < -0.4 is 4.74 Å². The molecule has 0 saturated heterocycles. The number of nitro groups is 1. The average molecular weight is 361 g/mol. The van der Waals surface area contributed by atoms with E-state index in [1.165, 1.54) is 44.2 Å². The van der Waals surface area contributed by atoms with Gasteiger partial charge in [-0.25, -0.2) is 4.79 Å². The number of nitrogens with zero attached hydrogens (tertiary/aromatic N) is 1. The summed E-state index contributed by atoms with van der Waals surface area (Å²) in [7, 11) is 0. The Balaban J connectivity index is 1.48. The van der Waals surface area contributed by atoms with Crippen LogP contribution in [0.5, 0.6) is 5.75 Å². The van der Waals surface area contributed by atoms with Crippen molar-refractivity contribution in [2.75, 3.05) is 0 Å². The largest absolute Gasteiger partial charge is 0.478 e. The highest BCUT2D eigenvalue weighted by molar-refractivity contribution is 5.88. The van der Waals surface area contributed by atoms with Crippen molar-refractivity contribution in [2.45, 2.75) is 51.4 Å². The highest BCUT2D eigenvalue weighted by Gasteiger charge is 2.49. The highest BCUT2D eigenvalue weighted by atomic mass is 16.7. The number of carboxylic acid groups (broad SMARTS) is 1. The molecule has 0 aliphatic heterocycles. The zero-order chi connectivity index (χ0) is 18.4. The van der Waals surface area contributed by atoms with E-state index in [9.17, 15) is 14.9 Å². The molecule has 4 bridgehead atoms. The van der Waals surface area contributed by atoms with Gasteiger partial charge < -0.3 is 14.6 Å². The van der Waals surface area contributed by atoms with Gasteiger partial charge in [-0.3, -0.25) is 10.1 Å². The lowest BCUT2D eigenvalue weighted by molar-refractivity contribution is -0.386. The van der Waals surface area contributed by atoms with Crippen LogP contribution in [0.3, 0.4) is 0 Å². The van der Waals surface area contributed by atoms with Crippen molar-refractivity contribution in [3.63, 3.8) is 0 Å². The first-order valence-corrected chi connectivity index (χ1v) is 9.24.